The SMILES string of the molecule is Fc1ccccc1-c1ccc[cH-]1.[Cl-].[Cl-].[Zr+2]=[C](c1ccccc1)c1ccccc1.c1ccc2c(c1)[cH-]c1ccccc12. The van der Waals surface area contributed by atoms with E-state index in [1.165, 1.54) is 66.2 Å². The summed E-state index contributed by atoms with van der Waals surface area (Å²) in [5.41, 5.74) is 4.27. The summed E-state index contributed by atoms with van der Waals surface area (Å²) in [6.45, 7) is 0. The fourth-order valence-electron chi connectivity index (χ4n) is 4.53. The topological polar surface area (TPSA) is 0 Å². The Labute approximate surface area is 268 Å². The van der Waals surface area contributed by atoms with E-state index in [-0.39, 0.29) is 30.6 Å². The molecule has 7 aromatic carbocycles. The molecule has 0 bridgehead atoms. The number of hydrogen-bond acceptors (Lipinski definition) is 0. The summed E-state index contributed by atoms with van der Waals surface area (Å²) in [4.78, 5) is 0. The van der Waals surface area contributed by atoms with Gasteiger partial charge in [0.25, 0.3) is 0 Å². The minimum absolute atomic E-state index is 0. The predicted molar refractivity (Wildman–Crippen MR) is 161 cm³/mol. The number of rotatable bonds is 3. The average Bonchev–Trinajstić information content (AvgIpc) is 3.67. The second-order valence-electron chi connectivity index (χ2n) is 9.08. The zero-order valence-corrected chi connectivity index (χ0v) is 26.2. The predicted octanol–water partition coefficient (Wildman–Crippen LogP) is 3.73. The van der Waals surface area contributed by atoms with E-state index in [1.54, 1.807) is 12.1 Å². The van der Waals surface area contributed by atoms with Crippen LogP contribution in [0.2, 0.25) is 0 Å². The Morgan fingerprint density at radius 2 is 0.976 bits per heavy atom. The normalized spacial score (nSPS) is 9.83. The van der Waals surface area contributed by atoms with Crippen molar-refractivity contribution in [2.75, 3.05) is 0 Å². The Kier molecular flexibility index (Phi) is 12.6. The summed E-state index contributed by atoms with van der Waals surface area (Å²) in [5, 5.41) is 5.39. The molecule has 0 saturated carbocycles. The molecule has 202 valence electrons. The molecular formula is C37H27Cl2FZr-2. The van der Waals surface area contributed by atoms with Crippen LogP contribution in [-0.2, 0) is 24.2 Å². The largest absolute Gasteiger partial charge is 0.126 e. The van der Waals surface area contributed by atoms with E-state index in [9.17, 15) is 4.39 Å². The van der Waals surface area contributed by atoms with Gasteiger partial charge in [0, 0.05) is 0 Å². The van der Waals surface area contributed by atoms with Gasteiger partial charge in [-0.2, -0.15) is 18.2 Å². The van der Waals surface area contributed by atoms with Crippen molar-refractivity contribution in [2.45, 2.75) is 0 Å². The number of halogens is 3. The van der Waals surface area contributed by atoms with Gasteiger partial charge in [-0.3, -0.25) is 0 Å². The molecule has 0 nitrogen and oxygen atoms in total. The summed E-state index contributed by atoms with van der Waals surface area (Å²) in [6, 6.07) is 54.8. The zero-order chi connectivity index (χ0) is 26.9. The summed E-state index contributed by atoms with van der Waals surface area (Å²) in [7, 11) is 0. The molecule has 41 heavy (non-hydrogen) atoms. The average molecular weight is 653 g/mol. The zero-order valence-electron chi connectivity index (χ0n) is 22.2. The van der Waals surface area contributed by atoms with Crippen LogP contribution in [0.3, 0.4) is 0 Å². The second-order valence-corrected chi connectivity index (χ2v) is 10.3. The third-order valence-electron chi connectivity index (χ3n) is 6.50. The Morgan fingerprint density at radius 3 is 1.46 bits per heavy atom. The maximum atomic E-state index is 13.2. The van der Waals surface area contributed by atoms with Gasteiger partial charge in [-0.05, 0) is 6.07 Å². The minimum Gasteiger partial charge on any atom is -0.126 e. The summed E-state index contributed by atoms with van der Waals surface area (Å²) < 4.78 is 14.6. The van der Waals surface area contributed by atoms with Crippen LogP contribution in [0.15, 0.2) is 164 Å². The molecule has 7 rings (SSSR count). The Bertz CT molecular complexity index is 1680. The Morgan fingerprint density at radius 1 is 0.512 bits per heavy atom. The van der Waals surface area contributed by atoms with Crippen molar-refractivity contribution in [1.29, 1.82) is 0 Å². The van der Waals surface area contributed by atoms with E-state index in [4.69, 9.17) is 0 Å². The van der Waals surface area contributed by atoms with E-state index < -0.39 is 0 Å². The number of fused-ring (bicyclic) bond motifs is 3. The molecular weight excluding hydrogens is 626 g/mol. The second kappa shape index (κ2) is 16.1. The van der Waals surface area contributed by atoms with Gasteiger partial charge < -0.3 is 24.8 Å². The van der Waals surface area contributed by atoms with Crippen molar-refractivity contribution in [3.05, 3.63) is 181 Å². The van der Waals surface area contributed by atoms with Gasteiger partial charge in [0.05, 0.1) is 5.82 Å². The van der Waals surface area contributed by atoms with Crippen molar-refractivity contribution in [2.24, 2.45) is 0 Å². The van der Waals surface area contributed by atoms with E-state index >= 15 is 0 Å². The van der Waals surface area contributed by atoms with Crippen LogP contribution in [0.5, 0.6) is 0 Å². The molecule has 0 atom stereocenters. The minimum atomic E-state index is -0.163. The van der Waals surface area contributed by atoms with Crippen LogP contribution in [0, 0.1) is 5.82 Å². The molecule has 7 aromatic rings. The van der Waals surface area contributed by atoms with Crippen molar-refractivity contribution in [1.82, 2.24) is 0 Å². The molecule has 0 aliphatic rings. The Hall–Kier alpha value is -3.42. The van der Waals surface area contributed by atoms with E-state index in [0.717, 1.165) is 5.56 Å². The van der Waals surface area contributed by atoms with Gasteiger partial charge in [0.2, 0.25) is 0 Å². The van der Waals surface area contributed by atoms with Crippen LogP contribution in [0.4, 0.5) is 4.39 Å². The van der Waals surface area contributed by atoms with E-state index in [0.29, 0.717) is 5.56 Å². The van der Waals surface area contributed by atoms with Gasteiger partial charge in [-0.25, -0.2) is 4.39 Å². The monoisotopic (exact) mass is 650 g/mol. The molecule has 0 radical (unpaired) electrons. The van der Waals surface area contributed by atoms with Crippen LogP contribution >= 0.6 is 0 Å². The van der Waals surface area contributed by atoms with E-state index in [1.807, 2.05) is 30.3 Å². The first kappa shape index (κ1) is 32.1. The van der Waals surface area contributed by atoms with Crippen LogP contribution in [0.25, 0.3) is 32.7 Å². The van der Waals surface area contributed by atoms with Crippen LogP contribution < -0.4 is 24.8 Å². The maximum Gasteiger partial charge on any atom is -0.0771 e. The Balaban J connectivity index is 0.000000166. The molecule has 0 aliphatic carbocycles. The summed E-state index contributed by atoms with van der Waals surface area (Å²) in [6.07, 6.45) is 0. The molecule has 0 heterocycles. The van der Waals surface area contributed by atoms with Crippen LogP contribution in [-0.4, -0.2) is 3.21 Å². The van der Waals surface area contributed by atoms with Crippen molar-refractivity contribution in [3.8, 4) is 11.1 Å². The third-order valence-corrected chi connectivity index (χ3v) is 7.91. The molecule has 0 N–H and O–H groups in total. The smallest absolute Gasteiger partial charge is 0.0771 e. The summed E-state index contributed by atoms with van der Waals surface area (Å²) >= 11 is 1.46. The van der Waals surface area contributed by atoms with Gasteiger partial charge >= 0.3 is 99.2 Å². The quantitative estimate of drug-likeness (QED) is 0.256. The molecule has 0 fully saturated rings. The standard InChI is InChI=1S/C13H9.C13H10.C11H8F.2ClH.Zr/c1-3-7-12-10(5-1)9-11-6-2-4-8-13(11)12;1-3-7-12(8-4-1)11-13-9-5-2-6-10-13;12-11-8-4-3-7-10(11)9-5-1-2-6-9;;;/h1-9H;1-10H;1-8H;2*1H;/q-1;;-1;;;+2/p-2. The van der Waals surface area contributed by atoms with Gasteiger partial charge in [-0.1, -0.05) is 60.2 Å². The fourth-order valence-corrected chi connectivity index (χ4v) is 5.35. The van der Waals surface area contributed by atoms with Crippen molar-refractivity contribution >= 4 is 24.8 Å². The molecule has 0 amide bonds. The van der Waals surface area contributed by atoms with Gasteiger partial charge in [0.15, 0.2) is 0 Å². The number of benzene rings is 5. The molecule has 4 heteroatoms. The summed E-state index contributed by atoms with van der Waals surface area (Å²) in [5.74, 6) is -0.163. The van der Waals surface area contributed by atoms with Gasteiger partial charge in [-0.15, -0.1) is 51.4 Å². The molecule has 0 aromatic heterocycles. The maximum absolute atomic E-state index is 13.2. The molecule has 0 unspecified atom stereocenters. The van der Waals surface area contributed by atoms with Crippen LogP contribution in [0.1, 0.15) is 11.1 Å². The molecule has 0 spiro atoms. The first-order valence-corrected chi connectivity index (χ1v) is 14.1. The van der Waals surface area contributed by atoms with E-state index in [2.05, 4.69) is 115 Å². The van der Waals surface area contributed by atoms with Crippen molar-refractivity contribution in [3.63, 3.8) is 0 Å². The number of hydrogen-bond donors (Lipinski definition) is 0. The third kappa shape index (κ3) is 8.30. The van der Waals surface area contributed by atoms with Crippen molar-refractivity contribution < 1.29 is 53.4 Å². The fraction of sp³-hybridized carbons (Fsp3) is 0. The molecule has 0 saturated heterocycles. The van der Waals surface area contributed by atoms with Gasteiger partial charge in [0.1, 0.15) is 0 Å². The first-order chi connectivity index (χ1) is 19.2. The first-order valence-electron chi connectivity index (χ1n) is 12.9. The molecule has 0 aliphatic heterocycles.